The first-order chi connectivity index (χ1) is 15.7. The Bertz CT molecular complexity index is 1050. The topological polar surface area (TPSA) is 88.2 Å². The van der Waals surface area contributed by atoms with Crippen LogP contribution in [0, 0.1) is 0 Å². The van der Waals surface area contributed by atoms with Gasteiger partial charge in [-0.3, -0.25) is 14.4 Å². The highest BCUT2D eigenvalue weighted by atomic mass is 17.3. The number of carbonyl (C=O) groups is 3. The lowest BCUT2D eigenvalue weighted by Crippen LogP contribution is -2.42. The first kappa shape index (κ1) is 23.1. The average Bonchev–Trinajstić information content (AvgIpc) is 2.96. The van der Waals surface area contributed by atoms with Crippen molar-refractivity contribution in [2.75, 3.05) is 13.2 Å². The molecule has 1 fully saturated rings. The maximum absolute atomic E-state index is 12.8. The van der Waals surface area contributed by atoms with Crippen LogP contribution >= 0.6 is 0 Å². The van der Waals surface area contributed by atoms with Crippen molar-refractivity contribution in [3.63, 3.8) is 0 Å². The molecule has 2 amide bonds. The van der Waals surface area contributed by atoms with E-state index in [1.54, 1.807) is 24.3 Å². The zero-order chi connectivity index (χ0) is 23.6. The fourth-order valence-electron chi connectivity index (χ4n) is 3.87. The second kappa shape index (κ2) is 9.43. The van der Waals surface area contributed by atoms with Crippen LogP contribution in [0.25, 0.3) is 0 Å². The Morgan fingerprint density at radius 2 is 1.82 bits per heavy atom. The number of hydroxylamine groups is 1. The van der Waals surface area contributed by atoms with Crippen molar-refractivity contribution in [1.82, 2.24) is 15.5 Å². The van der Waals surface area contributed by atoms with E-state index in [9.17, 15) is 14.4 Å². The van der Waals surface area contributed by atoms with Crippen LogP contribution in [0.15, 0.2) is 42.5 Å². The molecule has 8 heteroatoms. The van der Waals surface area contributed by atoms with Crippen molar-refractivity contribution in [3.8, 4) is 0 Å². The lowest BCUT2D eigenvalue weighted by Gasteiger charge is -2.26. The lowest BCUT2D eigenvalue weighted by atomic mass is 9.86. The van der Waals surface area contributed by atoms with Gasteiger partial charge in [-0.1, -0.05) is 62.3 Å². The van der Waals surface area contributed by atoms with E-state index < -0.39 is 11.7 Å². The largest absolute Gasteiger partial charge is 0.345 e. The van der Waals surface area contributed by atoms with Gasteiger partial charge in [0.1, 0.15) is 0 Å². The van der Waals surface area contributed by atoms with Gasteiger partial charge < -0.3 is 5.32 Å². The summed E-state index contributed by atoms with van der Waals surface area (Å²) in [6, 6.07) is 12.5. The Morgan fingerprint density at radius 3 is 2.55 bits per heavy atom. The predicted octanol–water partition coefficient (Wildman–Crippen LogP) is 3.31. The molecule has 1 saturated heterocycles. The number of nitrogens with zero attached hydrogens (tertiary/aromatic N) is 2. The van der Waals surface area contributed by atoms with Crippen molar-refractivity contribution in [2.45, 2.75) is 52.1 Å². The first-order valence-corrected chi connectivity index (χ1v) is 11.2. The molecule has 0 spiro atoms. The third kappa shape index (κ3) is 5.13. The molecule has 2 aliphatic heterocycles. The van der Waals surface area contributed by atoms with E-state index in [0.29, 0.717) is 30.8 Å². The number of hydrazine groups is 1. The number of nitrogens with one attached hydrogen (secondary N) is 1. The smallest absolute Gasteiger partial charge is 0.292 e. The molecule has 0 bridgehead atoms. The molecule has 174 valence electrons. The van der Waals surface area contributed by atoms with Crippen molar-refractivity contribution in [3.05, 3.63) is 70.3 Å². The highest BCUT2D eigenvalue weighted by Crippen LogP contribution is 2.27. The summed E-state index contributed by atoms with van der Waals surface area (Å²) in [4.78, 5) is 48.0. The molecule has 2 aromatic rings. The standard InChI is InChI=1S/C25H29N3O5/c1-25(2,3)20-9-7-18(8-10-20)22(29)23(30)26-15-17-6-11-21-19(14-17)16-27(24(21)31)28-12-4-5-13-32-33-28/h6-11,14H,4-5,12-13,15-16H2,1-3H3,(H,26,30). The van der Waals surface area contributed by atoms with E-state index in [1.807, 2.05) is 18.2 Å². The summed E-state index contributed by atoms with van der Waals surface area (Å²) in [7, 11) is 0. The van der Waals surface area contributed by atoms with Crippen molar-refractivity contribution < 1.29 is 24.3 Å². The first-order valence-electron chi connectivity index (χ1n) is 11.2. The van der Waals surface area contributed by atoms with Gasteiger partial charge in [-0.05, 0) is 41.0 Å². The molecule has 1 N–H and O–H groups in total. The molecule has 33 heavy (non-hydrogen) atoms. The second-order valence-corrected chi connectivity index (χ2v) is 9.37. The van der Waals surface area contributed by atoms with E-state index in [2.05, 4.69) is 26.1 Å². The minimum Gasteiger partial charge on any atom is -0.345 e. The van der Waals surface area contributed by atoms with Gasteiger partial charge in [0, 0.05) is 24.2 Å². The van der Waals surface area contributed by atoms with E-state index >= 15 is 0 Å². The predicted molar refractivity (Wildman–Crippen MR) is 121 cm³/mol. The van der Waals surface area contributed by atoms with Crippen LogP contribution in [-0.2, 0) is 33.2 Å². The van der Waals surface area contributed by atoms with Crippen LogP contribution in [-0.4, -0.2) is 40.9 Å². The van der Waals surface area contributed by atoms with Gasteiger partial charge in [0.2, 0.25) is 5.78 Å². The molecule has 8 nitrogen and oxygen atoms in total. The molecule has 0 saturated carbocycles. The summed E-state index contributed by atoms with van der Waals surface area (Å²) in [5, 5.41) is 5.66. The SMILES string of the molecule is CC(C)(C)c1ccc(C(=O)C(=O)NCc2ccc3c(c2)CN(N2CCCCOO2)C3=O)cc1. The third-order valence-electron chi connectivity index (χ3n) is 5.86. The minimum atomic E-state index is -0.660. The van der Waals surface area contributed by atoms with Crippen molar-refractivity contribution >= 4 is 17.6 Å². The van der Waals surface area contributed by atoms with Gasteiger partial charge in [-0.25, -0.2) is 9.90 Å². The monoisotopic (exact) mass is 451 g/mol. The Kier molecular flexibility index (Phi) is 6.60. The number of hydrogen-bond acceptors (Lipinski definition) is 6. The van der Waals surface area contributed by atoms with E-state index in [0.717, 1.165) is 29.5 Å². The Labute approximate surface area is 193 Å². The van der Waals surface area contributed by atoms with E-state index in [1.165, 1.54) is 10.2 Å². The van der Waals surface area contributed by atoms with Gasteiger partial charge in [0.05, 0.1) is 13.2 Å². The Morgan fingerprint density at radius 1 is 1.06 bits per heavy atom. The molecule has 0 radical (unpaired) electrons. The fourth-order valence-corrected chi connectivity index (χ4v) is 3.87. The van der Waals surface area contributed by atoms with Gasteiger partial charge in [-0.15, -0.1) is 4.99 Å². The maximum Gasteiger partial charge on any atom is 0.292 e. The molecule has 4 rings (SSSR count). The number of fused-ring (bicyclic) bond motifs is 1. The van der Waals surface area contributed by atoms with Gasteiger partial charge in [-0.2, -0.15) is 0 Å². The van der Waals surface area contributed by atoms with E-state index in [-0.39, 0.29) is 17.9 Å². The zero-order valence-corrected chi connectivity index (χ0v) is 19.2. The van der Waals surface area contributed by atoms with Gasteiger partial charge in [0.15, 0.2) is 0 Å². The maximum atomic E-state index is 12.8. The summed E-state index contributed by atoms with van der Waals surface area (Å²) in [5.41, 5.74) is 3.66. The molecular formula is C25H29N3O5. The highest BCUT2D eigenvalue weighted by Gasteiger charge is 2.33. The second-order valence-electron chi connectivity index (χ2n) is 9.37. The highest BCUT2D eigenvalue weighted by molar-refractivity contribution is 6.42. The van der Waals surface area contributed by atoms with Crippen LogP contribution in [0.2, 0.25) is 0 Å². The number of carbonyl (C=O) groups excluding carboxylic acids is 3. The number of ketones is 1. The van der Waals surface area contributed by atoms with Crippen LogP contribution < -0.4 is 5.32 Å². The van der Waals surface area contributed by atoms with Crippen molar-refractivity contribution in [1.29, 1.82) is 0 Å². The number of rotatable bonds is 5. The zero-order valence-electron chi connectivity index (χ0n) is 19.2. The van der Waals surface area contributed by atoms with Crippen LogP contribution in [0.1, 0.15) is 71.0 Å². The van der Waals surface area contributed by atoms with Crippen LogP contribution in [0.4, 0.5) is 0 Å². The molecule has 2 heterocycles. The van der Waals surface area contributed by atoms with Gasteiger partial charge >= 0.3 is 0 Å². The number of Topliss-reactive ketones (excluding diaryl/α,β-unsaturated/α-hetero) is 1. The van der Waals surface area contributed by atoms with E-state index in [4.69, 9.17) is 9.88 Å². The molecule has 0 unspecified atom stereocenters. The van der Waals surface area contributed by atoms with Crippen LogP contribution in [0.5, 0.6) is 0 Å². The molecule has 0 atom stereocenters. The third-order valence-corrected chi connectivity index (χ3v) is 5.86. The summed E-state index contributed by atoms with van der Waals surface area (Å²) >= 11 is 0. The number of benzene rings is 2. The Balaban J connectivity index is 1.37. The summed E-state index contributed by atoms with van der Waals surface area (Å²) in [6.45, 7) is 7.89. The fraction of sp³-hybridized carbons (Fsp3) is 0.400. The minimum absolute atomic E-state index is 0.0270. The van der Waals surface area contributed by atoms with Crippen molar-refractivity contribution in [2.24, 2.45) is 0 Å². The normalized spacial score (nSPS) is 16.9. The lowest BCUT2D eigenvalue weighted by molar-refractivity contribution is -0.463. The molecule has 0 aromatic heterocycles. The molecule has 2 aromatic carbocycles. The Hall–Kier alpha value is -3.07. The molecular weight excluding hydrogens is 422 g/mol. The quantitative estimate of drug-likeness (QED) is 0.426. The van der Waals surface area contributed by atoms with Crippen LogP contribution in [0.3, 0.4) is 0 Å². The summed E-state index contributed by atoms with van der Waals surface area (Å²) in [6.07, 6.45) is 1.74. The average molecular weight is 452 g/mol. The summed E-state index contributed by atoms with van der Waals surface area (Å²) < 4.78 is 0. The molecule has 2 aliphatic rings. The number of hydrogen-bond donors (Lipinski definition) is 1. The number of amides is 2. The summed E-state index contributed by atoms with van der Waals surface area (Å²) in [5.74, 6) is -1.39. The molecule has 0 aliphatic carbocycles. The van der Waals surface area contributed by atoms with Gasteiger partial charge in [0.25, 0.3) is 11.8 Å².